The number of sulfonamides is 1. The van der Waals surface area contributed by atoms with Crippen molar-refractivity contribution >= 4 is 44.0 Å². The Morgan fingerprint density at radius 3 is 2.61 bits per heavy atom. The molecule has 2 atom stereocenters. The van der Waals surface area contributed by atoms with Crippen molar-refractivity contribution in [2.75, 3.05) is 32.1 Å². The highest BCUT2D eigenvalue weighted by molar-refractivity contribution is 9.10. The molecule has 2 fully saturated rings. The van der Waals surface area contributed by atoms with Crippen LogP contribution in [0.25, 0.3) is 0 Å². The van der Waals surface area contributed by atoms with E-state index < -0.39 is 10.0 Å². The highest BCUT2D eigenvalue weighted by atomic mass is 79.9. The van der Waals surface area contributed by atoms with E-state index in [2.05, 4.69) is 21.2 Å². The number of hydrogen-bond donors (Lipinski definition) is 1. The number of nitrogens with one attached hydrogen (secondary N) is 1. The lowest BCUT2D eigenvalue weighted by atomic mass is 10.1. The molecule has 0 aromatic heterocycles. The molecule has 2 heterocycles. The Balaban J connectivity index is 0.00000192. The van der Waals surface area contributed by atoms with Gasteiger partial charge in [-0.3, -0.25) is 0 Å². The first-order chi connectivity index (χ1) is 10.4. The monoisotopic (exact) mass is 423 g/mol. The average molecular weight is 425 g/mol. The van der Waals surface area contributed by atoms with Gasteiger partial charge in [0.25, 0.3) is 0 Å². The molecular formula is C15H23BrClN3O2S. The quantitative estimate of drug-likeness (QED) is 0.810. The van der Waals surface area contributed by atoms with Crippen LogP contribution in [0.3, 0.4) is 0 Å². The summed E-state index contributed by atoms with van der Waals surface area (Å²) in [5, 5.41) is 3.35. The predicted molar refractivity (Wildman–Crippen MR) is 99.0 cm³/mol. The molecule has 3 rings (SSSR count). The minimum absolute atomic E-state index is 0. The van der Waals surface area contributed by atoms with E-state index in [4.69, 9.17) is 0 Å². The number of nitrogens with zero attached hydrogens (tertiary/aromatic N) is 2. The van der Waals surface area contributed by atoms with Crippen LogP contribution in [0.2, 0.25) is 0 Å². The van der Waals surface area contributed by atoms with Crippen LogP contribution in [0, 0.1) is 0 Å². The van der Waals surface area contributed by atoms with Gasteiger partial charge in [-0.2, -0.15) is 4.31 Å². The Bertz CT molecular complexity index is 655. The lowest BCUT2D eigenvalue weighted by Gasteiger charge is -2.28. The Hall–Kier alpha value is -0.340. The van der Waals surface area contributed by atoms with E-state index in [1.807, 2.05) is 31.1 Å². The minimum atomic E-state index is -3.49. The molecule has 1 N–H and O–H groups in total. The SMILES string of the molecule is CN(C)c1ccc(Br)c(S(=O)(=O)N2C3CCNCC2CC3)c1.Cl. The van der Waals surface area contributed by atoms with Crippen molar-refractivity contribution in [1.29, 1.82) is 0 Å². The molecule has 0 aliphatic carbocycles. The summed E-state index contributed by atoms with van der Waals surface area (Å²) >= 11 is 3.42. The third-order valence-electron chi connectivity index (χ3n) is 4.57. The van der Waals surface area contributed by atoms with Crippen LogP contribution >= 0.6 is 28.3 Å². The topological polar surface area (TPSA) is 52.7 Å². The number of fused-ring (bicyclic) bond motifs is 2. The zero-order valence-corrected chi connectivity index (χ0v) is 16.5. The largest absolute Gasteiger partial charge is 0.378 e. The molecule has 0 amide bonds. The lowest BCUT2D eigenvalue weighted by molar-refractivity contribution is 0.334. The van der Waals surface area contributed by atoms with Gasteiger partial charge in [0.1, 0.15) is 0 Å². The summed E-state index contributed by atoms with van der Waals surface area (Å²) < 4.78 is 28.9. The zero-order valence-electron chi connectivity index (χ0n) is 13.3. The van der Waals surface area contributed by atoms with Gasteiger partial charge in [0.2, 0.25) is 10.0 Å². The van der Waals surface area contributed by atoms with E-state index in [0.717, 1.165) is 38.0 Å². The fourth-order valence-corrected chi connectivity index (χ4v) is 6.26. The molecule has 8 heteroatoms. The highest BCUT2D eigenvalue weighted by Crippen LogP contribution is 2.37. The van der Waals surface area contributed by atoms with Crippen LogP contribution in [0.15, 0.2) is 27.6 Å². The molecule has 0 radical (unpaired) electrons. The van der Waals surface area contributed by atoms with Crippen molar-refractivity contribution in [1.82, 2.24) is 9.62 Å². The molecule has 0 saturated carbocycles. The molecule has 130 valence electrons. The number of rotatable bonds is 3. The van der Waals surface area contributed by atoms with Crippen LogP contribution in [0.4, 0.5) is 5.69 Å². The van der Waals surface area contributed by atoms with Gasteiger partial charge < -0.3 is 10.2 Å². The second kappa shape index (κ2) is 7.27. The second-order valence-corrected chi connectivity index (χ2v) is 8.89. The van der Waals surface area contributed by atoms with Crippen LogP contribution in [0.5, 0.6) is 0 Å². The van der Waals surface area contributed by atoms with Gasteiger partial charge in [0.15, 0.2) is 0 Å². The zero-order chi connectivity index (χ0) is 15.9. The van der Waals surface area contributed by atoms with Crippen molar-refractivity contribution < 1.29 is 8.42 Å². The van der Waals surface area contributed by atoms with Crippen molar-refractivity contribution in [3.05, 3.63) is 22.7 Å². The fraction of sp³-hybridized carbons (Fsp3) is 0.600. The first-order valence-electron chi connectivity index (χ1n) is 7.62. The first kappa shape index (κ1) is 19.0. The smallest absolute Gasteiger partial charge is 0.244 e. The van der Waals surface area contributed by atoms with Crippen molar-refractivity contribution in [3.8, 4) is 0 Å². The van der Waals surface area contributed by atoms with Gasteiger partial charge in [-0.05, 0) is 59.9 Å². The summed E-state index contributed by atoms with van der Waals surface area (Å²) in [6.45, 7) is 1.65. The molecule has 0 spiro atoms. The molecule has 2 unspecified atom stereocenters. The maximum atomic E-state index is 13.2. The Labute approximate surface area is 153 Å². The second-order valence-electron chi connectivity index (χ2n) is 6.22. The molecule has 5 nitrogen and oxygen atoms in total. The standard InChI is InChI=1S/C15H22BrN3O2S.ClH/c1-18(2)12-5-6-14(16)15(9-12)22(20,21)19-11-3-4-13(19)10-17-8-7-11;/h5-6,9,11,13,17H,3-4,7-8,10H2,1-2H3;1H. The summed E-state index contributed by atoms with van der Waals surface area (Å²) in [5.74, 6) is 0. The number of halogens is 2. The van der Waals surface area contributed by atoms with Gasteiger partial charge in [0, 0.05) is 42.9 Å². The molecule has 2 aliphatic rings. The van der Waals surface area contributed by atoms with Gasteiger partial charge >= 0.3 is 0 Å². The maximum absolute atomic E-state index is 13.2. The first-order valence-corrected chi connectivity index (χ1v) is 9.85. The van der Waals surface area contributed by atoms with Gasteiger partial charge in [0.05, 0.1) is 4.90 Å². The molecule has 2 bridgehead atoms. The number of anilines is 1. The Morgan fingerprint density at radius 1 is 1.22 bits per heavy atom. The third-order valence-corrected chi connectivity index (χ3v) is 7.57. The summed E-state index contributed by atoms with van der Waals surface area (Å²) in [6.07, 6.45) is 2.80. The van der Waals surface area contributed by atoms with Crippen LogP contribution < -0.4 is 10.2 Å². The molecule has 1 aromatic carbocycles. The molecule has 23 heavy (non-hydrogen) atoms. The Morgan fingerprint density at radius 2 is 1.91 bits per heavy atom. The average Bonchev–Trinajstić information content (AvgIpc) is 2.72. The Kier molecular flexibility index (Phi) is 6.00. The predicted octanol–water partition coefficient (Wildman–Crippen LogP) is 2.45. The van der Waals surface area contributed by atoms with E-state index in [-0.39, 0.29) is 24.5 Å². The van der Waals surface area contributed by atoms with E-state index in [1.54, 1.807) is 10.4 Å². The summed E-state index contributed by atoms with van der Waals surface area (Å²) in [6, 6.07) is 5.70. The van der Waals surface area contributed by atoms with Crippen LogP contribution in [-0.2, 0) is 10.0 Å². The van der Waals surface area contributed by atoms with Crippen molar-refractivity contribution in [2.24, 2.45) is 0 Å². The van der Waals surface area contributed by atoms with E-state index in [1.165, 1.54) is 0 Å². The van der Waals surface area contributed by atoms with Crippen molar-refractivity contribution in [2.45, 2.75) is 36.2 Å². The van der Waals surface area contributed by atoms with E-state index in [9.17, 15) is 8.42 Å². The van der Waals surface area contributed by atoms with E-state index in [0.29, 0.717) is 9.37 Å². The molecular weight excluding hydrogens is 402 g/mol. The fourth-order valence-electron chi connectivity index (χ4n) is 3.41. The molecule has 2 saturated heterocycles. The normalized spacial score (nSPS) is 24.8. The summed E-state index contributed by atoms with van der Waals surface area (Å²) in [7, 11) is 0.344. The minimum Gasteiger partial charge on any atom is -0.378 e. The van der Waals surface area contributed by atoms with Crippen molar-refractivity contribution in [3.63, 3.8) is 0 Å². The van der Waals surface area contributed by atoms with E-state index >= 15 is 0 Å². The summed E-state index contributed by atoms with van der Waals surface area (Å²) in [5.41, 5.74) is 0.891. The number of hydrogen-bond acceptors (Lipinski definition) is 4. The maximum Gasteiger partial charge on any atom is 0.244 e. The molecule has 1 aromatic rings. The lowest BCUT2D eigenvalue weighted by Crippen LogP contribution is -2.42. The molecule has 2 aliphatic heterocycles. The van der Waals surface area contributed by atoms with Gasteiger partial charge in [-0.25, -0.2) is 8.42 Å². The van der Waals surface area contributed by atoms with Crippen LogP contribution in [0.1, 0.15) is 19.3 Å². The van der Waals surface area contributed by atoms with Crippen LogP contribution in [-0.4, -0.2) is 52.0 Å². The summed E-state index contributed by atoms with van der Waals surface area (Å²) in [4.78, 5) is 2.29. The highest BCUT2D eigenvalue weighted by Gasteiger charge is 2.43. The number of benzene rings is 1. The van der Waals surface area contributed by atoms with Gasteiger partial charge in [-0.15, -0.1) is 12.4 Å². The third kappa shape index (κ3) is 3.54. The van der Waals surface area contributed by atoms with Gasteiger partial charge in [-0.1, -0.05) is 0 Å².